The van der Waals surface area contributed by atoms with Gasteiger partial charge in [-0.3, -0.25) is 4.90 Å². The monoisotopic (exact) mass is 241 g/mol. The molecular weight excluding hydrogens is 218 g/mol. The summed E-state index contributed by atoms with van der Waals surface area (Å²) in [5.74, 6) is 0.761. The molecule has 16 heavy (non-hydrogen) atoms. The van der Waals surface area contributed by atoms with Crippen molar-refractivity contribution in [3.63, 3.8) is 0 Å². The van der Waals surface area contributed by atoms with Gasteiger partial charge in [0.1, 0.15) is 5.72 Å². The van der Waals surface area contributed by atoms with E-state index in [1.54, 1.807) is 0 Å². The van der Waals surface area contributed by atoms with Crippen LogP contribution in [0.4, 0.5) is 0 Å². The highest BCUT2D eigenvalue weighted by Gasteiger charge is 2.57. The standard InChI is InChI=1S/C13H23NOS/c1-9-6-8-15-13-7-4-5-12(13)10(2)16-11(3)14(9)13/h9-12H,4-8H2,1-3H3. The van der Waals surface area contributed by atoms with Crippen LogP contribution in [0.25, 0.3) is 0 Å². The van der Waals surface area contributed by atoms with Gasteiger partial charge in [-0.2, -0.15) is 0 Å². The van der Waals surface area contributed by atoms with Crippen LogP contribution in [0.3, 0.4) is 0 Å². The molecule has 3 rings (SSSR count). The fourth-order valence-corrected chi connectivity index (χ4v) is 5.89. The summed E-state index contributed by atoms with van der Waals surface area (Å²) in [7, 11) is 0. The second-order valence-corrected chi connectivity index (χ2v) is 7.38. The molecule has 0 N–H and O–H groups in total. The zero-order valence-electron chi connectivity index (χ0n) is 10.6. The quantitative estimate of drug-likeness (QED) is 0.647. The number of hydrogen-bond acceptors (Lipinski definition) is 3. The van der Waals surface area contributed by atoms with E-state index in [9.17, 15) is 0 Å². The molecule has 1 spiro atoms. The summed E-state index contributed by atoms with van der Waals surface area (Å²) < 4.78 is 6.32. The smallest absolute Gasteiger partial charge is 0.126 e. The Kier molecular flexibility index (Phi) is 2.76. The third-order valence-corrected chi connectivity index (χ3v) is 6.18. The SMILES string of the molecule is CC1SC(C)N2C(C)CCOC23CCCC13. The average molecular weight is 241 g/mol. The van der Waals surface area contributed by atoms with E-state index in [-0.39, 0.29) is 5.72 Å². The van der Waals surface area contributed by atoms with Crippen molar-refractivity contribution in [1.29, 1.82) is 0 Å². The molecule has 0 aromatic heterocycles. The summed E-state index contributed by atoms with van der Waals surface area (Å²) in [5.41, 5.74) is 0.113. The first-order valence-electron chi connectivity index (χ1n) is 6.73. The minimum absolute atomic E-state index is 0.113. The maximum atomic E-state index is 6.32. The molecule has 2 nitrogen and oxygen atoms in total. The van der Waals surface area contributed by atoms with Gasteiger partial charge in [-0.25, -0.2) is 0 Å². The van der Waals surface area contributed by atoms with E-state index < -0.39 is 0 Å². The molecule has 2 heterocycles. The molecule has 1 saturated carbocycles. The van der Waals surface area contributed by atoms with Gasteiger partial charge in [-0.15, -0.1) is 11.8 Å². The Morgan fingerprint density at radius 3 is 2.88 bits per heavy atom. The highest BCUT2D eigenvalue weighted by molar-refractivity contribution is 8.00. The molecule has 5 unspecified atom stereocenters. The van der Waals surface area contributed by atoms with E-state index in [0.29, 0.717) is 11.4 Å². The lowest BCUT2D eigenvalue weighted by Crippen LogP contribution is -2.66. The number of rotatable bonds is 0. The topological polar surface area (TPSA) is 12.5 Å². The molecule has 1 aliphatic carbocycles. The molecule has 3 heteroatoms. The molecular formula is C13H23NOS. The lowest BCUT2D eigenvalue weighted by molar-refractivity contribution is -0.230. The van der Waals surface area contributed by atoms with Crippen molar-refractivity contribution in [1.82, 2.24) is 4.90 Å². The van der Waals surface area contributed by atoms with E-state index in [4.69, 9.17) is 4.74 Å². The van der Waals surface area contributed by atoms with E-state index in [1.807, 2.05) is 0 Å². The van der Waals surface area contributed by atoms with Crippen molar-refractivity contribution in [3.05, 3.63) is 0 Å². The van der Waals surface area contributed by atoms with Crippen LogP contribution in [0.2, 0.25) is 0 Å². The predicted octanol–water partition coefficient (Wildman–Crippen LogP) is 3.07. The molecule has 0 aromatic rings. The van der Waals surface area contributed by atoms with E-state index >= 15 is 0 Å². The van der Waals surface area contributed by atoms with Crippen LogP contribution in [0, 0.1) is 5.92 Å². The Labute approximate surface area is 103 Å². The van der Waals surface area contributed by atoms with E-state index in [1.165, 1.54) is 25.7 Å². The molecule has 0 radical (unpaired) electrons. The highest BCUT2D eigenvalue weighted by atomic mass is 32.2. The van der Waals surface area contributed by atoms with Crippen LogP contribution in [0.15, 0.2) is 0 Å². The number of thioether (sulfide) groups is 1. The van der Waals surface area contributed by atoms with E-state index in [2.05, 4.69) is 37.4 Å². The van der Waals surface area contributed by atoms with Gasteiger partial charge in [-0.05, 0) is 39.5 Å². The summed E-state index contributed by atoms with van der Waals surface area (Å²) in [6.45, 7) is 8.12. The molecule has 3 fully saturated rings. The van der Waals surface area contributed by atoms with Crippen molar-refractivity contribution in [2.45, 2.75) is 68.8 Å². The summed E-state index contributed by atoms with van der Waals surface area (Å²) >= 11 is 2.15. The molecule has 5 atom stereocenters. The molecule has 3 aliphatic rings. The lowest BCUT2D eigenvalue weighted by Gasteiger charge is -2.58. The minimum Gasteiger partial charge on any atom is -0.360 e. The molecule has 2 aliphatic heterocycles. The molecule has 92 valence electrons. The van der Waals surface area contributed by atoms with Crippen molar-refractivity contribution in [2.24, 2.45) is 5.92 Å². The predicted molar refractivity (Wildman–Crippen MR) is 68.5 cm³/mol. The summed E-state index contributed by atoms with van der Waals surface area (Å²) in [4.78, 5) is 2.69. The molecule has 0 aromatic carbocycles. The van der Waals surface area contributed by atoms with Crippen LogP contribution in [0.1, 0.15) is 46.5 Å². The largest absolute Gasteiger partial charge is 0.360 e. The van der Waals surface area contributed by atoms with Crippen LogP contribution in [-0.2, 0) is 4.74 Å². The van der Waals surface area contributed by atoms with Crippen molar-refractivity contribution >= 4 is 11.8 Å². The third kappa shape index (κ3) is 1.41. The van der Waals surface area contributed by atoms with Gasteiger partial charge in [0.15, 0.2) is 0 Å². The van der Waals surface area contributed by atoms with Gasteiger partial charge in [0.2, 0.25) is 0 Å². The van der Waals surface area contributed by atoms with Gasteiger partial charge in [-0.1, -0.05) is 6.92 Å². The molecule has 2 saturated heterocycles. The summed E-state index contributed by atoms with van der Waals surface area (Å²) in [5, 5.41) is 1.39. The lowest BCUT2D eigenvalue weighted by atomic mass is 9.90. The van der Waals surface area contributed by atoms with Crippen molar-refractivity contribution < 1.29 is 4.74 Å². The normalized spacial score (nSPS) is 53.4. The van der Waals surface area contributed by atoms with Crippen LogP contribution < -0.4 is 0 Å². The van der Waals surface area contributed by atoms with Crippen LogP contribution in [0.5, 0.6) is 0 Å². The Morgan fingerprint density at radius 1 is 1.25 bits per heavy atom. The van der Waals surface area contributed by atoms with Crippen LogP contribution in [-0.4, -0.2) is 33.9 Å². The third-order valence-electron chi connectivity index (χ3n) is 4.80. The second-order valence-electron chi connectivity index (χ2n) is 5.68. The zero-order chi connectivity index (χ0) is 11.3. The summed E-state index contributed by atoms with van der Waals surface area (Å²) in [6, 6.07) is 0.698. The Hall–Kier alpha value is 0.270. The Bertz CT molecular complexity index is 285. The fraction of sp³-hybridized carbons (Fsp3) is 1.00. The Morgan fingerprint density at radius 2 is 2.06 bits per heavy atom. The zero-order valence-corrected chi connectivity index (χ0v) is 11.4. The van der Waals surface area contributed by atoms with Crippen LogP contribution >= 0.6 is 11.8 Å². The van der Waals surface area contributed by atoms with Gasteiger partial charge >= 0.3 is 0 Å². The number of nitrogens with zero attached hydrogens (tertiary/aromatic N) is 1. The van der Waals surface area contributed by atoms with Crippen molar-refractivity contribution in [3.8, 4) is 0 Å². The van der Waals surface area contributed by atoms with Gasteiger partial charge in [0.05, 0.1) is 12.0 Å². The van der Waals surface area contributed by atoms with Crippen molar-refractivity contribution in [2.75, 3.05) is 6.61 Å². The highest BCUT2D eigenvalue weighted by Crippen LogP contribution is 2.54. The first kappa shape index (κ1) is 11.4. The van der Waals surface area contributed by atoms with Gasteiger partial charge in [0.25, 0.3) is 0 Å². The maximum Gasteiger partial charge on any atom is 0.126 e. The number of hydrogen-bond donors (Lipinski definition) is 0. The van der Waals surface area contributed by atoms with Gasteiger partial charge in [0, 0.05) is 17.2 Å². The molecule has 0 bridgehead atoms. The second kappa shape index (κ2) is 3.89. The maximum absolute atomic E-state index is 6.32. The molecule has 0 amide bonds. The number of ether oxygens (including phenoxy) is 1. The fourth-order valence-electron chi connectivity index (χ4n) is 4.22. The average Bonchev–Trinajstić information content (AvgIpc) is 2.61. The van der Waals surface area contributed by atoms with E-state index in [0.717, 1.165) is 17.8 Å². The summed E-state index contributed by atoms with van der Waals surface area (Å²) in [6.07, 6.45) is 5.18. The minimum atomic E-state index is 0.113. The van der Waals surface area contributed by atoms with Gasteiger partial charge < -0.3 is 4.74 Å². The Balaban J connectivity index is 1.98. The first-order chi connectivity index (χ1) is 7.65. The first-order valence-corrected chi connectivity index (χ1v) is 7.67.